The van der Waals surface area contributed by atoms with Crippen molar-refractivity contribution in [1.29, 1.82) is 0 Å². The van der Waals surface area contributed by atoms with Crippen LogP contribution in [0.15, 0.2) is 28.7 Å². The molecule has 0 amide bonds. The Labute approximate surface area is 173 Å². The van der Waals surface area contributed by atoms with E-state index in [1.54, 1.807) is 0 Å². The summed E-state index contributed by atoms with van der Waals surface area (Å²) in [6, 6.07) is 8.71. The molecule has 1 aromatic heterocycles. The van der Waals surface area contributed by atoms with Gasteiger partial charge in [-0.15, -0.1) is 0 Å². The molecule has 0 unspecified atom stereocenters. The van der Waals surface area contributed by atoms with Gasteiger partial charge in [-0.2, -0.15) is 0 Å². The van der Waals surface area contributed by atoms with Crippen LogP contribution in [0.4, 0.5) is 0 Å². The Balaban J connectivity index is 1.45. The van der Waals surface area contributed by atoms with Gasteiger partial charge in [0.2, 0.25) is 0 Å². The monoisotopic (exact) mass is 399 g/mol. The molecular formula is C23H33N3O3. The summed E-state index contributed by atoms with van der Waals surface area (Å²) in [7, 11) is 2.18. The van der Waals surface area contributed by atoms with Crippen molar-refractivity contribution in [3.63, 3.8) is 0 Å². The van der Waals surface area contributed by atoms with Crippen molar-refractivity contribution in [2.24, 2.45) is 5.92 Å². The first-order valence-corrected chi connectivity index (χ1v) is 10.8. The lowest BCUT2D eigenvalue weighted by Crippen LogP contribution is -2.56. The summed E-state index contributed by atoms with van der Waals surface area (Å²) in [5.74, 6) is 0.751. The maximum Gasteiger partial charge on any atom is 0.303 e. The molecule has 2 atom stereocenters. The van der Waals surface area contributed by atoms with Crippen molar-refractivity contribution in [2.45, 2.75) is 38.8 Å². The number of likely N-dealkylation sites (tertiary alicyclic amines) is 1. The normalized spacial score (nSPS) is 24.9. The van der Waals surface area contributed by atoms with E-state index in [1.165, 1.54) is 10.9 Å². The summed E-state index contributed by atoms with van der Waals surface area (Å²) in [6.07, 6.45) is 2.11. The molecule has 2 saturated heterocycles. The van der Waals surface area contributed by atoms with Crippen LogP contribution < -0.4 is 0 Å². The Morgan fingerprint density at radius 3 is 2.66 bits per heavy atom. The second-order valence-corrected chi connectivity index (χ2v) is 8.77. The van der Waals surface area contributed by atoms with Gasteiger partial charge in [0.25, 0.3) is 0 Å². The largest absolute Gasteiger partial charge is 0.481 e. The van der Waals surface area contributed by atoms with Gasteiger partial charge in [-0.3, -0.25) is 14.6 Å². The summed E-state index contributed by atoms with van der Waals surface area (Å²) >= 11 is 0. The molecule has 1 N–H and O–H groups in total. The highest BCUT2D eigenvalue weighted by Crippen LogP contribution is 2.30. The third-order valence-corrected chi connectivity index (χ3v) is 6.82. The van der Waals surface area contributed by atoms with Crippen LogP contribution in [0.3, 0.4) is 0 Å². The van der Waals surface area contributed by atoms with Gasteiger partial charge in [0.1, 0.15) is 11.3 Å². The fraction of sp³-hybridized carbons (Fsp3) is 0.609. The molecule has 2 aromatic rings. The summed E-state index contributed by atoms with van der Waals surface area (Å²) in [5.41, 5.74) is 2.18. The van der Waals surface area contributed by atoms with Gasteiger partial charge in [-0.05, 0) is 44.4 Å². The number of para-hydroxylation sites is 1. The van der Waals surface area contributed by atoms with E-state index in [0.717, 1.165) is 70.0 Å². The van der Waals surface area contributed by atoms with E-state index in [9.17, 15) is 9.90 Å². The van der Waals surface area contributed by atoms with Gasteiger partial charge >= 0.3 is 5.97 Å². The number of aryl methyl sites for hydroxylation is 1. The van der Waals surface area contributed by atoms with Gasteiger partial charge in [0, 0.05) is 57.1 Å². The second-order valence-electron chi connectivity index (χ2n) is 8.77. The molecular weight excluding hydrogens is 366 g/mol. The Bertz CT molecular complexity index is 841. The van der Waals surface area contributed by atoms with Crippen LogP contribution in [0.5, 0.6) is 0 Å². The van der Waals surface area contributed by atoms with E-state index >= 15 is 0 Å². The minimum Gasteiger partial charge on any atom is -0.481 e. The molecule has 0 bridgehead atoms. The third-order valence-electron chi connectivity index (χ3n) is 6.82. The quantitative estimate of drug-likeness (QED) is 0.806. The Hall–Kier alpha value is -1.89. The Morgan fingerprint density at radius 2 is 1.93 bits per heavy atom. The summed E-state index contributed by atoms with van der Waals surface area (Å²) < 4.78 is 6.14. The molecule has 2 fully saturated rings. The van der Waals surface area contributed by atoms with E-state index < -0.39 is 5.97 Å². The van der Waals surface area contributed by atoms with E-state index in [4.69, 9.17) is 4.42 Å². The first-order valence-electron chi connectivity index (χ1n) is 10.8. The number of hydrogen-bond acceptors (Lipinski definition) is 5. The zero-order valence-corrected chi connectivity index (χ0v) is 17.6. The molecule has 3 heterocycles. The van der Waals surface area contributed by atoms with Crippen LogP contribution in [0.1, 0.15) is 30.6 Å². The van der Waals surface area contributed by atoms with Crippen molar-refractivity contribution >= 4 is 16.9 Å². The van der Waals surface area contributed by atoms with Crippen LogP contribution in [-0.4, -0.2) is 78.1 Å². The van der Waals surface area contributed by atoms with Crippen LogP contribution in [0.25, 0.3) is 11.0 Å². The standard InChI is InChI=1S/C23H33N3O3/c1-17-19-5-3-4-6-21(19)29-22(17)16-25-10-9-20(18(15-25)7-8-23(27)28)26-13-11-24(2)12-14-26/h3-6,18,20H,7-16H2,1-2H3,(H,27,28)/t18-,20+/m1/s1. The molecule has 29 heavy (non-hydrogen) atoms. The molecule has 158 valence electrons. The highest BCUT2D eigenvalue weighted by molar-refractivity contribution is 5.81. The van der Waals surface area contributed by atoms with Gasteiger partial charge in [0.05, 0.1) is 6.54 Å². The molecule has 0 aliphatic carbocycles. The number of piperidine rings is 1. The zero-order valence-electron chi connectivity index (χ0n) is 17.6. The smallest absolute Gasteiger partial charge is 0.303 e. The average Bonchev–Trinajstić information content (AvgIpc) is 3.03. The van der Waals surface area contributed by atoms with Gasteiger partial charge < -0.3 is 14.4 Å². The van der Waals surface area contributed by atoms with Crippen molar-refractivity contribution in [3.05, 3.63) is 35.6 Å². The van der Waals surface area contributed by atoms with E-state index in [1.807, 2.05) is 12.1 Å². The summed E-state index contributed by atoms with van der Waals surface area (Å²) in [4.78, 5) is 18.7. The van der Waals surface area contributed by atoms with Gasteiger partial charge in [0.15, 0.2) is 0 Å². The first kappa shape index (κ1) is 20.4. The number of carboxylic acid groups (broad SMARTS) is 1. The van der Waals surface area contributed by atoms with Crippen LogP contribution >= 0.6 is 0 Å². The number of hydrogen-bond donors (Lipinski definition) is 1. The molecule has 0 radical (unpaired) electrons. The highest BCUT2D eigenvalue weighted by atomic mass is 16.4. The first-order chi connectivity index (χ1) is 14.0. The summed E-state index contributed by atoms with van der Waals surface area (Å²) in [6.45, 7) is 9.31. The number of fused-ring (bicyclic) bond motifs is 1. The third kappa shape index (κ3) is 4.65. The number of carbonyl (C=O) groups is 1. The number of carboxylic acids is 1. The molecule has 0 spiro atoms. The Morgan fingerprint density at radius 1 is 1.17 bits per heavy atom. The lowest BCUT2D eigenvalue weighted by atomic mass is 9.86. The fourth-order valence-electron chi connectivity index (χ4n) is 5.04. The second kappa shape index (κ2) is 8.86. The predicted octanol–water partition coefficient (Wildman–Crippen LogP) is 3.04. The predicted molar refractivity (Wildman–Crippen MR) is 114 cm³/mol. The zero-order chi connectivity index (χ0) is 20.4. The van der Waals surface area contributed by atoms with Crippen LogP contribution in [0, 0.1) is 12.8 Å². The number of nitrogens with zero attached hydrogens (tertiary/aromatic N) is 3. The van der Waals surface area contributed by atoms with Gasteiger partial charge in [-0.25, -0.2) is 0 Å². The van der Waals surface area contributed by atoms with Crippen molar-refractivity contribution in [3.8, 4) is 0 Å². The number of benzene rings is 1. The minimum atomic E-state index is -0.688. The van der Waals surface area contributed by atoms with Gasteiger partial charge in [-0.1, -0.05) is 18.2 Å². The number of piperazine rings is 1. The molecule has 2 aliphatic rings. The lowest BCUT2D eigenvalue weighted by Gasteiger charge is -2.46. The van der Waals surface area contributed by atoms with E-state index in [2.05, 4.69) is 40.8 Å². The lowest BCUT2D eigenvalue weighted by molar-refractivity contribution is -0.137. The van der Waals surface area contributed by atoms with E-state index in [0.29, 0.717) is 12.0 Å². The molecule has 4 rings (SSSR count). The topological polar surface area (TPSA) is 60.2 Å². The average molecular weight is 400 g/mol. The highest BCUT2D eigenvalue weighted by Gasteiger charge is 2.35. The SMILES string of the molecule is Cc1c(CN2CC[C@H](N3CCN(C)CC3)[C@H](CCC(=O)O)C2)oc2ccccc12. The Kier molecular flexibility index (Phi) is 6.23. The molecule has 6 heteroatoms. The number of likely N-dealkylation sites (N-methyl/N-ethyl adjacent to an activating group) is 1. The maximum atomic E-state index is 11.2. The number of rotatable bonds is 6. The van der Waals surface area contributed by atoms with Crippen molar-refractivity contribution in [2.75, 3.05) is 46.3 Å². The maximum absolute atomic E-state index is 11.2. The van der Waals surface area contributed by atoms with Crippen molar-refractivity contribution in [1.82, 2.24) is 14.7 Å². The van der Waals surface area contributed by atoms with Crippen LogP contribution in [0.2, 0.25) is 0 Å². The summed E-state index contributed by atoms with van der Waals surface area (Å²) in [5, 5.41) is 10.4. The minimum absolute atomic E-state index is 0.256. The van der Waals surface area contributed by atoms with E-state index in [-0.39, 0.29) is 6.42 Å². The van der Waals surface area contributed by atoms with Crippen LogP contribution in [-0.2, 0) is 11.3 Å². The number of aliphatic carboxylic acids is 1. The molecule has 0 saturated carbocycles. The fourth-order valence-corrected chi connectivity index (χ4v) is 5.04. The molecule has 2 aliphatic heterocycles. The molecule has 6 nitrogen and oxygen atoms in total. The van der Waals surface area contributed by atoms with Crippen molar-refractivity contribution < 1.29 is 14.3 Å². The molecule has 1 aromatic carbocycles. The number of furan rings is 1.